The van der Waals surface area contributed by atoms with Crippen molar-refractivity contribution in [3.05, 3.63) is 167 Å². The molecule has 57 heavy (non-hydrogen) atoms. The molecule has 0 atom stereocenters. The number of furan rings is 1. The van der Waals surface area contributed by atoms with E-state index >= 15 is 0 Å². The summed E-state index contributed by atoms with van der Waals surface area (Å²) in [6, 6.07) is 44.4. The summed E-state index contributed by atoms with van der Waals surface area (Å²) >= 11 is 0. The van der Waals surface area contributed by atoms with Crippen molar-refractivity contribution in [1.82, 2.24) is 19.9 Å². The van der Waals surface area contributed by atoms with Crippen molar-refractivity contribution in [3.8, 4) is 44.8 Å². The van der Waals surface area contributed by atoms with E-state index in [9.17, 15) is 0 Å². The first-order chi connectivity index (χ1) is 26.9. The maximum Gasteiger partial charge on any atom is 0.216 e. The van der Waals surface area contributed by atoms with Crippen molar-refractivity contribution < 1.29 is 24.5 Å². The molecular weight excluding hydrogens is 877 g/mol. The molecule has 0 saturated heterocycles. The number of aryl methyl sites for hydroxylation is 5. The predicted octanol–water partition coefficient (Wildman–Crippen LogP) is 13.1. The fourth-order valence-corrected chi connectivity index (χ4v) is 7.11. The van der Waals surface area contributed by atoms with Crippen molar-refractivity contribution in [2.75, 3.05) is 0 Å². The molecule has 0 N–H and O–H groups in total. The molecule has 0 bridgehead atoms. The Morgan fingerprint density at radius 1 is 0.614 bits per heavy atom. The zero-order valence-electron chi connectivity index (χ0n) is 33.6. The fourth-order valence-electron chi connectivity index (χ4n) is 7.11. The zero-order chi connectivity index (χ0) is 39.1. The van der Waals surface area contributed by atoms with Crippen molar-refractivity contribution in [2.24, 2.45) is 0 Å². The molecule has 0 spiro atoms. The Balaban J connectivity index is 0.000000201. The smallest absolute Gasteiger partial charge is 0.216 e. The molecule has 0 unspecified atom stereocenters. The minimum absolute atomic E-state index is 0. The van der Waals surface area contributed by atoms with E-state index in [1.807, 2.05) is 62.6 Å². The van der Waals surface area contributed by atoms with Crippen molar-refractivity contribution in [3.63, 3.8) is 0 Å². The SMILES string of the molecule is Cc1ccc(-c2[c-]cc(C)c(-c3ccccc3)c2)nc1.Cc1ccc2c(n1)oc1c(-c3cc(-c4cc5ccc(C(C)(C)C)nc5cc4C)c(C)cn3)[c-]ccc12.[Ir]. The second-order valence-electron chi connectivity index (χ2n) is 15.7. The van der Waals surface area contributed by atoms with Crippen LogP contribution in [0.4, 0.5) is 0 Å². The van der Waals surface area contributed by atoms with Gasteiger partial charge in [-0.05, 0) is 103 Å². The van der Waals surface area contributed by atoms with Gasteiger partial charge in [-0.1, -0.05) is 98.8 Å². The number of benzene rings is 4. The monoisotopic (exact) mass is 921 g/mol. The summed E-state index contributed by atoms with van der Waals surface area (Å²) in [5.74, 6) is 0. The van der Waals surface area contributed by atoms with E-state index in [1.54, 1.807) is 0 Å². The Labute approximate surface area is 348 Å². The molecule has 5 nitrogen and oxygen atoms in total. The Bertz CT molecular complexity index is 2890. The average molecular weight is 921 g/mol. The molecule has 5 heterocycles. The fraction of sp³-hybridized carbons (Fsp3) is 0.176. The second-order valence-corrected chi connectivity index (χ2v) is 15.7. The average Bonchev–Trinajstić information content (AvgIpc) is 3.56. The van der Waals surface area contributed by atoms with Gasteiger partial charge in [0.05, 0.1) is 11.1 Å². The molecule has 0 aliphatic heterocycles. The Morgan fingerprint density at radius 2 is 1.39 bits per heavy atom. The van der Waals surface area contributed by atoms with Gasteiger partial charge in [-0.25, -0.2) is 4.98 Å². The maximum atomic E-state index is 6.22. The number of nitrogens with zero attached hydrogens (tertiary/aromatic N) is 4. The van der Waals surface area contributed by atoms with Gasteiger partial charge in [-0.15, -0.1) is 47.5 Å². The summed E-state index contributed by atoms with van der Waals surface area (Å²) < 4.78 is 6.22. The molecule has 0 amide bonds. The summed E-state index contributed by atoms with van der Waals surface area (Å²) in [7, 11) is 0. The third-order valence-corrected chi connectivity index (χ3v) is 10.3. The second kappa shape index (κ2) is 16.0. The Morgan fingerprint density at radius 3 is 2.14 bits per heavy atom. The van der Waals surface area contributed by atoms with Crippen LogP contribution in [0.5, 0.6) is 0 Å². The molecule has 0 saturated carbocycles. The van der Waals surface area contributed by atoms with Crippen LogP contribution in [-0.4, -0.2) is 19.9 Å². The van der Waals surface area contributed by atoms with Gasteiger partial charge in [0.2, 0.25) is 5.71 Å². The molecule has 0 aliphatic carbocycles. The third kappa shape index (κ3) is 8.07. The summed E-state index contributed by atoms with van der Waals surface area (Å²) in [6.45, 7) is 17.0. The van der Waals surface area contributed by atoms with Crippen LogP contribution in [0.15, 0.2) is 126 Å². The predicted molar refractivity (Wildman–Crippen MR) is 231 cm³/mol. The van der Waals surface area contributed by atoms with Crippen LogP contribution >= 0.6 is 0 Å². The molecule has 0 aliphatic rings. The summed E-state index contributed by atoms with van der Waals surface area (Å²) in [6.07, 6.45) is 3.83. The van der Waals surface area contributed by atoms with Crippen LogP contribution < -0.4 is 0 Å². The van der Waals surface area contributed by atoms with Crippen LogP contribution in [0.25, 0.3) is 77.7 Å². The molecule has 285 valence electrons. The van der Waals surface area contributed by atoms with Gasteiger partial charge in [0.1, 0.15) is 0 Å². The van der Waals surface area contributed by atoms with E-state index in [1.165, 1.54) is 33.4 Å². The van der Waals surface area contributed by atoms with E-state index in [4.69, 9.17) is 14.4 Å². The molecular formula is C51H44IrN4O-2. The van der Waals surface area contributed by atoms with E-state index in [0.717, 1.165) is 72.3 Å². The van der Waals surface area contributed by atoms with Crippen LogP contribution in [0.1, 0.15) is 54.4 Å². The molecule has 6 heteroatoms. The molecule has 0 fully saturated rings. The summed E-state index contributed by atoms with van der Waals surface area (Å²) in [4.78, 5) is 18.8. The van der Waals surface area contributed by atoms with Crippen LogP contribution in [0.3, 0.4) is 0 Å². The topological polar surface area (TPSA) is 64.7 Å². The van der Waals surface area contributed by atoms with Crippen molar-refractivity contribution >= 4 is 33.0 Å². The van der Waals surface area contributed by atoms with Crippen molar-refractivity contribution in [1.29, 1.82) is 0 Å². The quantitative estimate of drug-likeness (QED) is 0.165. The number of hydrogen-bond acceptors (Lipinski definition) is 5. The van der Waals surface area contributed by atoms with Crippen molar-refractivity contribution in [2.45, 2.75) is 60.8 Å². The van der Waals surface area contributed by atoms with Gasteiger partial charge >= 0.3 is 0 Å². The first-order valence-corrected chi connectivity index (χ1v) is 19.0. The van der Waals surface area contributed by atoms with Gasteiger partial charge in [-0.2, -0.15) is 0 Å². The van der Waals surface area contributed by atoms with Gasteiger partial charge in [0, 0.05) is 60.1 Å². The molecule has 5 aromatic heterocycles. The van der Waals surface area contributed by atoms with Gasteiger partial charge in [0.25, 0.3) is 0 Å². The molecule has 9 rings (SSSR count). The molecule has 9 aromatic rings. The number of aromatic nitrogens is 4. The number of rotatable bonds is 4. The van der Waals surface area contributed by atoms with Crippen LogP contribution in [-0.2, 0) is 25.5 Å². The third-order valence-electron chi connectivity index (χ3n) is 10.3. The van der Waals surface area contributed by atoms with E-state index in [0.29, 0.717) is 5.71 Å². The first kappa shape index (κ1) is 39.4. The van der Waals surface area contributed by atoms with Gasteiger partial charge in [-0.3, -0.25) is 4.98 Å². The van der Waals surface area contributed by atoms with Crippen LogP contribution in [0.2, 0.25) is 0 Å². The first-order valence-electron chi connectivity index (χ1n) is 19.0. The normalized spacial score (nSPS) is 11.4. The van der Waals surface area contributed by atoms with Gasteiger partial charge < -0.3 is 14.4 Å². The van der Waals surface area contributed by atoms with Crippen LogP contribution in [0, 0.1) is 46.8 Å². The Hall–Kier alpha value is -5.81. The molecule has 4 aromatic carbocycles. The summed E-state index contributed by atoms with van der Waals surface area (Å²) in [5, 5.41) is 3.16. The van der Waals surface area contributed by atoms with E-state index < -0.39 is 0 Å². The number of hydrogen-bond donors (Lipinski definition) is 0. The van der Waals surface area contributed by atoms with Gasteiger partial charge in [0.15, 0.2) is 0 Å². The number of pyridine rings is 4. The largest absolute Gasteiger partial charge is 0.486 e. The van der Waals surface area contributed by atoms with E-state index in [2.05, 4.69) is 136 Å². The standard InChI is InChI=1S/C32H28N3O.C19H16N.Ir/c1-18-14-27-21(11-13-29(35-27)32(4,5)6)15-25(18)26-16-28(33-17-19(26)2)24-9-7-8-22-23-12-10-20(3)34-31(23)36-30(22)24;1-14-8-11-19(20-13-14)17-10-9-15(2)18(12-17)16-6-4-3-5-7-16;/h7-8,10-17H,1-6H3;3-9,11-13H,1-2H3;/q2*-1;. The summed E-state index contributed by atoms with van der Waals surface area (Å²) in [5.41, 5.74) is 17.7. The minimum atomic E-state index is 0. The van der Waals surface area contributed by atoms with E-state index in [-0.39, 0.29) is 25.5 Å². The Kier molecular flexibility index (Phi) is 11.0. The number of fused-ring (bicyclic) bond motifs is 4. The maximum absolute atomic E-state index is 6.22. The zero-order valence-corrected chi connectivity index (χ0v) is 36.0. The minimum Gasteiger partial charge on any atom is -0.486 e. The molecule has 1 radical (unpaired) electrons.